The molecule has 0 atom stereocenters. The van der Waals surface area contributed by atoms with Crippen LogP contribution in [0.15, 0.2) is 18.2 Å². The zero-order valence-corrected chi connectivity index (χ0v) is 9.16. The van der Waals surface area contributed by atoms with Crippen LogP contribution >= 0.6 is 0 Å². The summed E-state index contributed by atoms with van der Waals surface area (Å²) in [6.45, 7) is 2.23. The minimum Gasteiger partial charge on any atom is -0.258 e. The van der Waals surface area contributed by atoms with E-state index < -0.39 is 0 Å². The number of aromatic amines is 1. The van der Waals surface area contributed by atoms with Crippen LogP contribution in [0.5, 0.6) is 0 Å². The molecule has 0 bridgehead atoms. The van der Waals surface area contributed by atoms with Gasteiger partial charge in [0.1, 0.15) is 5.52 Å². The Hall–Kier alpha value is -1.38. The molecule has 15 heavy (non-hydrogen) atoms. The standard InChI is InChI=1S/C12H17N3/c1-2-3-4-5-7-10-8-6-9-11-12(10)14-15-13-11/h6,8-9H,2-5,7H2,1H3,(H,13,14,15). The SMILES string of the molecule is CCCCCCc1cccc2[nH]nnc12. The third-order valence-electron chi connectivity index (χ3n) is 2.74. The largest absolute Gasteiger partial charge is 0.258 e. The van der Waals surface area contributed by atoms with Crippen LogP contribution in [-0.2, 0) is 6.42 Å². The first kappa shape index (κ1) is 10.1. The molecule has 1 aromatic carbocycles. The number of fused-ring (bicyclic) bond motifs is 1. The van der Waals surface area contributed by atoms with Crippen LogP contribution in [0.1, 0.15) is 38.2 Å². The van der Waals surface area contributed by atoms with E-state index in [2.05, 4.69) is 34.5 Å². The Morgan fingerprint density at radius 1 is 1.20 bits per heavy atom. The second-order valence-corrected chi connectivity index (χ2v) is 3.94. The summed E-state index contributed by atoms with van der Waals surface area (Å²) in [7, 11) is 0. The number of benzene rings is 1. The van der Waals surface area contributed by atoms with Crippen LogP contribution in [0.25, 0.3) is 11.0 Å². The summed E-state index contributed by atoms with van der Waals surface area (Å²) in [5.41, 5.74) is 3.40. The number of rotatable bonds is 5. The van der Waals surface area contributed by atoms with E-state index in [0.29, 0.717) is 0 Å². The lowest BCUT2D eigenvalue weighted by atomic mass is 10.1. The van der Waals surface area contributed by atoms with Crippen molar-refractivity contribution in [2.24, 2.45) is 0 Å². The monoisotopic (exact) mass is 203 g/mol. The van der Waals surface area contributed by atoms with Crippen LogP contribution in [0, 0.1) is 0 Å². The molecular weight excluding hydrogens is 186 g/mol. The first-order valence-corrected chi connectivity index (χ1v) is 5.70. The van der Waals surface area contributed by atoms with Crippen LogP contribution in [0.4, 0.5) is 0 Å². The van der Waals surface area contributed by atoms with Gasteiger partial charge in [0.15, 0.2) is 0 Å². The Labute approximate surface area is 89.9 Å². The lowest BCUT2D eigenvalue weighted by molar-refractivity contribution is 0.668. The second kappa shape index (κ2) is 4.91. The number of nitrogens with zero attached hydrogens (tertiary/aromatic N) is 2. The highest BCUT2D eigenvalue weighted by Gasteiger charge is 2.03. The first-order valence-electron chi connectivity index (χ1n) is 5.70. The molecule has 0 unspecified atom stereocenters. The van der Waals surface area contributed by atoms with E-state index in [4.69, 9.17) is 0 Å². The minimum absolute atomic E-state index is 1.04. The molecule has 0 saturated heterocycles. The fourth-order valence-corrected chi connectivity index (χ4v) is 1.87. The lowest BCUT2D eigenvalue weighted by Crippen LogP contribution is -1.87. The topological polar surface area (TPSA) is 41.6 Å². The van der Waals surface area contributed by atoms with Crippen molar-refractivity contribution in [3.8, 4) is 0 Å². The first-order chi connectivity index (χ1) is 7.42. The normalized spacial score (nSPS) is 11.0. The van der Waals surface area contributed by atoms with Gasteiger partial charge in [0, 0.05) is 0 Å². The number of hydrogen-bond donors (Lipinski definition) is 1. The van der Waals surface area contributed by atoms with Crippen LogP contribution < -0.4 is 0 Å². The van der Waals surface area contributed by atoms with E-state index in [9.17, 15) is 0 Å². The predicted octanol–water partition coefficient (Wildman–Crippen LogP) is 3.08. The zero-order valence-electron chi connectivity index (χ0n) is 9.16. The molecule has 1 N–H and O–H groups in total. The van der Waals surface area contributed by atoms with Crippen molar-refractivity contribution in [1.29, 1.82) is 0 Å². The number of unbranched alkanes of at least 4 members (excludes halogenated alkanes) is 3. The van der Waals surface area contributed by atoms with Gasteiger partial charge in [0.25, 0.3) is 0 Å². The Bertz CT molecular complexity index is 419. The van der Waals surface area contributed by atoms with Crippen molar-refractivity contribution >= 4 is 11.0 Å². The molecule has 1 aromatic heterocycles. The zero-order chi connectivity index (χ0) is 10.5. The van der Waals surface area contributed by atoms with Crippen molar-refractivity contribution in [3.05, 3.63) is 23.8 Å². The molecule has 0 aliphatic heterocycles. The maximum absolute atomic E-state index is 4.11. The number of hydrogen-bond acceptors (Lipinski definition) is 2. The fraction of sp³-hybridized carbons (Fsp3) is 0.500. The third kappa shape index (κ3) is 2.35. The Balaban J connectivity index is 2.04. The van der Waals surface area contributed by atoms with Crippen molar-refractivity contribution in [3.63, 3.8) is 0 Å². The number of nitrogens with one attached hydrogen (secondary N) is 1. The summed E-state index contributed by atoms with van der Waals surface area (Å²) in [5, 5.41) is 10.8. The van der Waals surface area contributed by atoms with Gasteiger partial charge in [-0.15, -0.1) is 5.10 Å². The molecule has 1 heterocycles. The van der Waals surface area contributed by atoms with Gasteiger partial charge in [-0.1, -0.05) is 43.5 Å². The Morgan fingerprint density at radius 3 is 3.00 bits per heavy atom. The minimum atomic E-state index is 1.04. The lowest BCUT2D eigenvalue weighted by Gasteiger charge is -2.01. The summed E-state index contributed by atoms with van der Waals surface area (Å²) >= 11 is 0. The van der Waals surface area contributed by atoms with Gasteiger partial charge < -0.3 is 0 Å². The summed E-state index contributed by atoms with van der Waals surface area (Å²) in [5.74, 6) is 0. The van der Waals surface area contributed by atoms with Gasteiger partial charge in [-0.05, 0) is 24.5 Å². The van der Waals surface area contributed by atoms with Crippen molar-refractivity contribution in [2.75, 3.05) is 0 Å². The fourth-order valence-electron chi connectivity index (χ4n) is 1.87. The number of H-pyrrole nitrogens is 1. The molecule has 0 fully saturated rings. The summed E-state index contributed by atoms with van der Waals surface area (Å²) in [4.78, 5) is 0. The van der Waals surface area contributed by atoms with Gasteiger partial charge >= 0.3 is 0 Å². The van der Waals surface area contributed by atoms with Crippen molar-refractivity contribution in [1.82, 2.24) is 15.4 Å². The van der Waals surface area contributed by atoms with Crippen molar-refractivity contribution < 1.29 is 0 Å². The second-order valence-electron chi connectivity index (χ2n) is 3.94. The summed E-state index contributed by atoms with van der Waals surface area (Å²) < 4.78 is 0. The van der Waals surface area contributed by atoms with Crippen LogP contribution in [0.2, 0.25) is 0 Å². The molecule has 2 aromatic rings. The molecule has 0 saturated carbocycles. The molecule has 3 nitrogen and oxygen atoms in total. The molecule has 3 heteroatoms. The molecule has 0 aliphatic carbocycles. The smallest absolute Gasteiger partial charge is 0.116 e. The molecule has 0 aliphatic rings. The van der Waals surface area contributed by atoms with Gasteiger partial charge in [0.05, 0.1) is 5.52 Å². The Morgan fingerprint density at radius 2 is 2.13 bits per heavy atom. The van der Waals surface area contributed by atoms with E-state index in [0.717, 1.165) is 17.5 Å². The van der Waals surface area contributed by atoms with Gasteiger partial charge in [-0.3, -0.25) is 5.10 Å². The molecular formula is C12H17N3. The van der Waals surface area contributed by atoms with Crippen LogP contribution in [-0.4, -0.2) is 15.4 Å². The summed E-state index contributed by atoms with van der Waals surface area (Å²) in [6.07, 6.45) is 6.29. The highest BCUT2D eigenvalue weighted by atomic mass is 15.3. The molecule has 0 amide bonds. The van der Waals surface area contributed by atoms with E-state index in [1.54, 1.807) is 0 Å². The average Bonchev–Trinajstić information content (AvgIpc) is 2.73. The molecule has 2 rings (SSSR count). The maximum Gasteiger partial charge on any atom is 0.116 e. The van der Waals surface area contributed by atoms with E-state index >= 15 is 0 Å². The molecule has 0 spiro atoms. The molecule has 0 radical (unpaired) electrons. The maximum atomic E-state index is 4.11. The van der Waals surface area contributed by atoms with Gasteiger partial charge in [0.2, 0.25) is 0 Å². The predicted molar refractivity (Wildman–Crippen MR) is 61.7 cm³/mol. The average molecular weight is 203 g/mol. The molecule has 80 valence electrons. The third-order valence-corrected chi connectivity index (χ3v) is 2.74. The van der Waals surface area contributed by atoms with Gasteiger partial charge in [-0.25, -0.2) is 0 Å². The van der Waals surface area contributed by atoms with E-state index in [1.165, 1.54) is 31.2 Å². The Kier molecular flexibility index (Phi) is 3.33. The van der Waals surface area contributed by atoms with Crippen molar-refractivity contribution in [2.45, 2.75) is 39.0 Å². The van der Waals surface area contributed by atoms with Gasteiger partial charge in [-0.2, -0.15) is 0 Å². The quantitative estimate of drug-likeness (QED) is 0.759. The highest BCUT2D eigenvalue weighted by molar-refractivity contribution is 5.77. The number of aromatic nitrogens is 3. The number of aryl methyl sites for hydroxylation is 1. The highest BCUT2D eigenvalue weighted by Crippen LogP contribution is 2.16. The summed E-state index contributed by atoms with van der Waals surface area (Å²) in [6, 6.07) is 6.24. The van der Waals surface area contributed by atoms with E-state index in [-0.39, 0.29) is 0 Å². The van der Waals surface area contributed by atoms with Crippen LogP contribution in [0.3, 0.4) is 0 Å². The van der Waals surface area contributed by atoms with E-state index in [1.807, 2.05) is 6.07 Å².